The van der Waals surface area contributed by atoms with E-state index in [2.05, 4.69) is 5.09 Å². The molecule has 0 saturated heterocycles. The highest BCUT2D eigenvalue weighted by Gasteiger charge is 2.25. The SMILES string of the molecule is CCOP(=O)(NCCS(C)(=O)=O)SC(C)CC. The van der Waals surface area contributed by atoms with Crippen LogP contribution in [0.4, 0.5) is 0 Å². The fourth-order valence-corrected chi connectivity index (χ4v) is 6.03. The lowest BCUT2D eigenvalue weighted by atomic mass is 10.4. The third kappa shape index (κ3) is 9.08. The van der Waals surface area contributed by atoms with Gasteiger partial charge in [-0.2, -0.15) is 0 Å². The van der Waals surface area contributed by atoms with Crippen molar-refractivity contribution in [3.8, 4) is 0 Å². The fraction of sp³-hybridized carbons (Fsp3) is 1.00. The standard InChI is InChI=1S/C9H22NO4PS2/c1-5-9(3)16-15(11,14-6-2)10-7-8-17(4,12)13/h9H,5-8H2,1-4H3,(H,10,11). The normalized spacial score (nSPS) is 17.6. The second-order valence-corrected chi connectivity index (χ2v) is 10.7. The molecule has 104 valence electrons. The summed E-state index contributed by atoms with van der Waals surface area (Å²) in [6.07, 6.45) is 2.04. The highest BCUT2D eigenvalue weighted by molar-refractivity contribution is 8.56. The maximum Gasteiger partial charge on any atom is 0.326 e. The van der Waals surface area contributed by atoms with Crippen molar-refractivity contribution in [3.63, 3.8) is 0 Å². The van der Waals surface area contributed by atoms with Gasteiger partial charge in [-0.25, -0.2) is 13.5 Å². The van der Waals surface area contributed by atoms with E-state index >= 15 is 0 Å². The monoisotopic (exact) mass is 303 g/mol. The van der Waals surface area contributed by atoms with Gasteiger partial charge in [-0.05, 0) is 13.3 Å². The lowest BCUT2D eigenvalue weighted by Gasteiger charge is -2.20. The zero-order valence-electron chi connectivity index (χ0n) is 10.8. The van der Waals surface area contributed by atoms with Crippen LogP contribution in [0.2, 0.25) is 0 Å². The average molecular weight is 303 g/mol. The quantitative estimate of drug-likeness (QED) is 0.659. The lowest BCUT2D eigenvalue weighted by Crippen LogP contribution is -2.20. The van der Waals surface area contributed by atoms with Crippen LogP contribution in [0.1, 0.15) is 27.2 Å². The van der Waals surface area contributed by atoms with Gasteiger partial charge in [-0.3, -0.25) is 4.57 Å². The topological polar surface area (TPSA) is 72.5 Å². The van der Waals surface area contributed by atoms with Crippen molar-refractivity contribution in [2.45, 2.75) is 32.4 Å². The third-order valence-electron chi connectivity index (χ3n) is 1.97. The second-order valence-electron chi connectivity index (χ2n) is 3.78. The minimum Gasteiger partial charge on any atom is -0.310 e. The van der Waals surface area contributed by atoms with Crippen LogP contribution in [-0.2, 0) is 18.9 Å². The largest absolute Gasteiger partial charge is 0.326 e. The molecule has 1 N–H and O–H groups in total. The van der Waals surface area contributed by atoms with Gasteiger partial charge in [0.1, 0.15) is 9.84 Å². The molecule has 2 atom stereocenters. The Hall–Kier alpha value is 0.450. The van der Waals surface area contributed by atoms with Gasteiger partial charge in [-0.15, -0.1) is 0 Å². The number of hydrogen-bond acceptors (Lipinski definition) is 5. The minimum atomic E-state index is -3.04. The third-order valence-corrected chi connectivity index (χ3v) is 7.71. The van der Waals surface area contributed by atoms with Crippen LogP contribution in [0.3, 0.4) is 0 Å². The Morgan fingerprint density at radius 2 is 2.00 bits per heavy atom. The Labute approximate surface area is 108 Å². The van der Waals surface area contributed by atoms with E-state index in [0.717, 1.165) is 12.7 Å². The van der Waals surface area contributed by atoms with Crippen molar-refractivity contribution in [3.05, 3.63) is 0 Å². The van der Waals surface area contributed by atoms with Crippen molar-refractivity contribution in [2.75, 3.05) is 25.2 Å². The molecule has 0 heterocycles. The van der Waals surface area contributed by atoms with Crippen molar-refractivity contribution < 1.29 is 17.5 Å². The molecular weight excluding hydrogens is 281 g/mol. The molecule has 0 fully saturated rings. The van der Waals surface area contributed by atoms with Crippen LogP contribution in [0.5, 0.6) is 0 Å². The van der Waals surface area contributed by atoms with Crippen molar-refractivity contribution in [2.24, 2.45) is 0 Å². The summed E-state index contributed by atoms with van der Waals surface area (Å²) in [7, 11) is -3.04. The van der Waals surface area contributed by atoms with Gasteiger partial charge in [-0.1, -0.05) is 25.2 Å². The molecule has 0 spiro atoms. The summed E-state index contributed by atoms with van der Waals surface area (Å²) in [5.41, 5.74) is 0. The highest BCUT2D eigenvalue weighted by atomic mass is 32.7. The molecule has 0 aromatic carbocycles. The van der Waals surface area contributed by atoms with E-state index in [9.17, 15) is 13.0 Å². The number of sulfone groups is 1. The van der Waals surface area contributed by atoms with Gasteiger partial charge in [0.15, 0.2) is 0 Å². The number of hydrogen-bond donors (Lipinski definition) is 1. The fourth-order valence-electron chi connectivity index (χ4n) is 0.963. The first-order chi connectivity index (χ1) is 7.72. The van der Waals surface area contributed by atoms with E-state index in [-0.39, 0.29) is 17.5 Å². The highest BCUT2D eigenvalue weighted by Crippen LogP contribution is 2.58. The molecule has 5 nitrogen and oxygen atoms in total. The molecule has 0 radical (unpaired) electrons. The second kappa shape index (κ2) is 7.79. The number of nitrogens with one attached hydrogen (secondary N) is 1. The Morgan fingerprint density at radius 1 is 1.41 bits per heavy atom. The van der Waals surface area contributed by atoms with E-state index in [0.29, 0.717) is 6.61 Å². The van der Waals surface area contributed by atoms with Crippen molar-refractivity contribution in [1.82, 2.24) is 5.09 Å². The maximum absolute atomic E-state index is 12.3. The van der Waals surface area contributed by atoms with Gasteiger partial charge in [0, 0.05) is 18.1 Å². The molecule has 0 aliphatic heterocycles. The van der Waals surface area contributed by atoms with Gasteiger partial charge in [0.05, 0.1) is 12.4 Å². The summed E-state index contributed by atoms with van der Waals surface area (Å²) in [5.74, 6) is -0.0366. The first-order valence-corrected chi connectivity index (χ1v) is 10.7. The molecule has 0 aromatic heterocycles. The predicted molar refractivity (Wildman–Crippen MR) is 74.3 cm³/mol. The molecule has 2 unspecified atom stereocenters. The molecule has 0 aliphatic carbocycles. The molecule has 17 heavy (non-hydrogen) atoms. The molecule has 0 aliphatic rings. The molecule has 0 saturated carbocycles. The first-order valence-electron chi connectivity index (χ1n) is 5.58. The summed E-state index contributed by atoms with van der Waals surface area (Å²) >= 11 is 1.25. The Balaban J connectivity index is 4.36. The number of rotatable bonds is 9. The Bertz CT molecular complexity index is 358. The summed E-state index contributed by atoms with van der Waals surface area (Å²) in [6, 6.07) is 0. The summed E-state index contributed by atoms with van der Waals surface area (Å²) in [6.45, 7) is 3.25. The van der Waals surface area contributed by atoms with E-state index < -0.39 is 16.6 Å². The molecule has 0 amide bonds. The summed E-state index contributed by atoms with van der Waals surface area (Å²) < 4.78 is 39.5. The van der Waals surface area contributed by atoms with E-state index in [1.54, 1.807) is 6.92 Å². The van der Waals surface area contributed by atoms with Gasteiger partial charge in [0.2, 0.25) is 0 Å². The van der Waals surface area contributed by atoms with Crippen LogP contribution in [0.25, 0.3) is 0 Å². The first kappa shape index (κ1) is 17.4. The van der Waals surface area contributed by atoms with Crippen molar-refractivity contribution in [1.29, 1.82) is 0 Å². The predicted octanol–water partition coefficient (Wildman–Crippen LogP) is 2.30. The van der Waals surface area contributed by atoms with E-state index in [4.69, 9.17) is 4.52 Å². The summed E-state index contributed by atoms with van der Waals surface area (Å²) in [4.78, 5) is 0. The smallest absolute Gasteiger partial charge is 0.310 e. The van der Waals surface area contributed by atoms with Crippen molar-refractivity contribution >= 4 is 27.9 Å². The maximum atomic E-state index is 12.3. The van der Waals surface area contributed by atoms with Gasteiger partial charge in [0.25, 0.3) is 0 Å². The molecule has 0 aromatic rings. The zero-order chi connectivity index (χ0) is 13.5. The average Bonchev–Trinajstić information content (AvgIpc) is 2.15. The molecular formula is C9H22NO4PS2. The Morgan fingerprint density at radius 3 is 2.41 bits per heavy atom. The summed E-state index contributed by atoms with van der Waals surface area (Å²) in [5, 5.41) is 2.94. The molecule has 0 bridgehead atoms. The lowest BCUT2D eigenvalue weighted by molar-refractivity contribution is 0.339. The molecule has 8 heteroatoms. The minimum absolute atomic E-state index is 0.0366. The van der Waals surface area contributed by atoms with Crippen LogP contribution >= 0.6 is 18.1 Å². The van der Waals surface area contributed by atoms with Crippen LogP contribution in [0, 0.1) is 0 Å². The van der Waals surface area contributed by atoms with Gasteiger partial charge < -0.3 is 4.52 Å². The van der Waals surface area contributed by atoms with E-state index in [1.165, 1.54) is 11.4 Å². The van der Waals surface area contributed by atoms with Crippen LogP contribution in [0.15, 0.2) is 0 Å². The van der Waals surface area contributed by atoms with Crippen LogP contribution < -0.4 is 5.09 Å². The van der Waals surface area contributed by atoms with Crippen LogP contribution in [-0.4, -0.2) is 38.8 Å². The van der Waals surface area contributed by atoms with Gasteiger partial charge >= 0.3 is 6.72 Å². The Kier molecular flexibility index (Phi) is 8.00. The zero-order valence-corrected chi connectivity index (χ0v) is 13.3. The molecule has 0 rings (SSSR count). The van der Waals surface area contributed by atoms with E-state index in [1.807, 2.05) is 13.8 Å².